The molecule has 35 heavy (non-hydrogen) atoms. The number of halogens is 1. The molecule has 5 rings (SSSR count). The van der Waals surface area contributed by atoms with Gasteiger partial charge in [-0.15, -0.1) is 0 Å². The summed E-state index contributed by atoms with van der Waals surface area (Å²) in [5.74, 6) is 0.138. The van der Waals surface area contributed by atoms with Crippen molar-refractivity contribution in [3.05, 3.63) is 36.7 Å². The van der Waals surface area contributed by atoms with Gasteiger partial charge in [0.25, 0.3) is 0 Å². The molecule has 1 aromatic carbocycles. The van der Waals surface area contributed by atoms with Crippen LogP contribution >= 0.6 is 0 Å². The first kappa shape index (κ1) is 24.0. The van der Waals surface area contributed by atoms with Crippen LogP contribution < -0.4 is 4.74 Å². The number of hydrogen-bond acceptors (Lipinski definition) is 6. The highest BCUT2D eigenvalue weighted by Crippen LogP contribution is 2.39. The number of hydrogen-bond donors (Lipinski definition) is 0. The Labute approximate surface area is 205 Å². The van der Waals surface area contributed by atoms with E-state index in [9.17, 15) is 9.18 Å². The van der Waals surface area contributed by atoms with Crippen molar-refractivity contribution in [3.63, 3.8) is 0 Å². The summed E-state index contributed by atoms with van der Waals surface area (Å²) in [4.78, 5) is 18.5. The highest BCUT2D eigenvalue weighted by molar-refractivity contribution is 5.69. The van der Waals surface area contributed by atoms with Crippen molar-refractivity contribution in [1.82, 2.24) is 19.7 Å². The summed E-state index contributed by atoms with van der Waals surface area (Å²) in [6.07, 6.45) is 10.5. The molecule has 1 saturated carbocycles. The van der Waals surface area contributed by atoms with E-state index in [0.29, 0.717) is 11.4 Å². The molecule has 2 aliphatic heterocycles. The molecule has 2 unspecified atom stereocenters. The highest BCUT2D eigenvalue weighted by atomic mass is 19.1. The molecule has 0 N–H and O–H groups in total. The van der Waals surface area contributed by atoms with Crippen LogP contribution in [0.5, 0.6) is 5.75 Å². The number of nitrogens with zero attached hydrogens (tertiary/aromatic N) is 4. The first-order valence-electron chi connectivity index (χ1n) is 12.7. The summed E-state index contributed by atoms with van der Waals surface area (Å²) in [5.41, 5.74) is -0.131. The van der Waals surface area contributed by atoms with Gasteiger partial charge in [-0.1, -0.05) is 0 Å². The van der Waals surface area contributed by atoms with E-state index in [2.05, 4.69) is 10.1 Å². The number of ether oxygens (including phenoxy) is 3. The van der Waals surface area contributed by atoms with E-state index in [0.717, 1.165) is 51.4 Å². The van der Waals surface area contributed by atoms with Crippen molar-refractivity contribution in [1.29, 1.82) is 0 Å². The Morgan fingerprint density at radius 3 is 2.29 bits per heavy atom. The second-order valence-electron chi connectivity index (χ2n) is 11.0. The van der Waals surface area contributed by atoms with Crippen LogP contribution in [0.15, 0.2) is 30.9 Å². The summed E-state index contributed by atoms with van der Waals surface area (Å²) in [7, 11) is 0. The Kier molecular flexibility index (Phi) is 6.70. The number of rotatable bonds is 5. The number of fused-ring (bicyclic) bond motifs is 2. The molecule has 3 aliphatic rings. The van der Waals surface area contributed by atoms with Gasteiger partial charge in [0.1, 0.15) is 29.7 Å². The maximum atomic E-state index is 14.5. The van der Waals surface area contributed by atoms with Gasteiger partial charge in [0.15, 0.2) is 5.82 Å². The molecule has 2 aromatic rings. The largest absolute Gasteiger partial charge is 0.490 e. The van der Waals surface area contributed by atoms with Crippen LogP contribution in [0, 0.1) is 5.82 Å². The molecule has 190 valence electrons. The Bertz CT molecular complexity index is 1000. The molecule has 0 spiro atoms. The Balaban J connectivity index is 1.09. The number of carbonyl (C=O) groups is 1. The topological polar surface area (TPSA) is 78.7 Å². The van der Waals surface area contributed by atoms with Crippen molar-refractivity contribution in [3.8, 4) is 11.4 Å². The molecule has 0 radical (unpaired) electrons. The second kappa shape index (κ2) is 9.76. The van der Waals surface area contributed by atoms with Crippen LogP contribution in [-0.2, 0) is 9.47 Å². The van der Waals surface area contributed by atoms with Gasteiger partial charge in [-0.05, 0) is 84.3 Å². The van der Waals surface area contributed by atoms with E-state index in [1.165, 1.54) is 23.4 Å². The Morgan fingerprint density at radius 2 is 1.69 bits per heavy atom. The molecule has 1 amide bonds. The smallest absolute Gasteiger partial charge is 0.410 e. The zero-order valence-electron chi connectivity index (χ0n) is 20.7. The van der Waals surface area contributed by atoms with Crippen molar-refractivity contribution >= 4 is 6.09 Å². The SMILES string of the molecule is CC(C)(C)OC(=O)N1C2CCC1CC(OC1CCC(Oc3ccc(-n4cncn4)c(F)c3)CC1)C2. The van der Waals surface area contributed by atoms with E-state index in [4.69, 9.17) is 14.2 Å². The molecular weight excluding hydrogens is 451 g/mol. The van der Waals surface area contributed by atoms with E-state index in [1.807, 2.05) is 25.7 Å². The van der Waals surface area contributed by atoms with E-state index in [-0.39, 0.29) is 36.5 Å². The summed E-state index contributed by atoms with van der Waals surface area (Å²) < 4.78 is 34.1. The highest BCUT2D eigenvalue weighted by Gasteiger charge is 2.45. The molecule has 3 fully saturated rings. The predicted molar refractivity (Wildman–Crippen MR) is 127 cm³/mol. The van der Waals surface area contributed by atoms with Crippen LogP contribution in [0.3, 0.4) is 0 Å². The molecule has 1 aromatic heterocycles. The third-order valence-electron chi connectivity index (χ3n) is 7.19. The molecule has 3 heterocycles. The summed E-state index contributed by atoms with van der Waals surface area (Å²) in [6, 6.07) is 5.27. The molecule has 9 heteroatoms. The van der Waals surface area contributed by atoms with Crippen LogP contribution in [-0.4, -0.2) is 61.8 Å². The fraction of sp³-hybridized carbons (Fsp3) is 0.654. The molecule has 8 nitrogen and oxygen atoms in total. The summed E-state index contributed by atoms with van der Waals surface area (Å²) >= 11 is 0. The lowest BCUT2D eigenvalue weighted by Gasteiger charge is -2.41. The van der Waals surface area contributed by atoms with Crippen molar-refractivity contribution in [2.24, 2.45) is 0 Å². The average Bonchev–Trinajstić information content (AvgIpc) is 3.41. The monoisotopic (exact) mass is 486 g/mol. The minimum absolute atomic E-state index is 0.0525. The van der Waals surface area contributed by atoms with Crippen LogP contribution in [0.25, 0.3) is 5.69 Å². The van der Waals surface area contributed by atoms with E-state index >= 15 is 0 Å². The minimum atomic E-state index is -0.477. The third-order valence-corrected chi connectivity index (χ3v) is 7.19. The van der Waals surface area contributed by atoms with Gasteiger partial charge in [0, 0.05) is 18.2 Å². The predicted octanol–water partition coefficient (Wildman–Crippen LogP) is 5.04. The normalized spacial score (nSPS) is 28.7. The average molecular weight is 487 g/mol. The quantitative estimate of drug-likeness (QED) is 0.589. The number of piperidine rings is 1. The van der Waals surface area contributed by atoms with Gasteiger partial charge in [0.2, 0.25) is 0 Å². The Morgan fingerprint density at radius 1 is 1.00 bits per heavy atom. The Hall–Kier alpha value is -2.68. The maximum Gasteiger partial charge on any atom is 0.410 e. The van der Waals surface area contributed by atoms with E-state index in [1.54, 1.807) is 12.1 Å². The fourth-order valence-electron chi connectivity index (χ4n) is 5.68. The molecule has 2 saturated heterocycles. The van der Waals surface area contributed by atoms with Crippen molar-refractivity contribution in [2.75, 3.05) is 0 Å². The zero-order chi connectivity index (χ0) is 24.6. The summed E-state index contributed by atoms with van der Waals surface area (Å²) in [5, 5.41) is 3.97. The third kappa shape index (κ3) is 5.60. The number of aromatic nitrogens is 3. The van der Waals surface area contributed by atoms with Crippen LogP contribution in [0.2, 0.25) is 0 Å². The van der Waals surface area contributed by atoms with Gasteiger partial charge in [0.05, 0.1) is 18.3 Å². The maximum absolute atomic E-state index is 14.5. The van der Waals surface area contributed by atoms with Crippen molar-refractivity contribution < 1.29 is 23.4 Å². The van der Waals surface area contributed by atoms with Gasteiger partial charge < -0.3 is 19.1 Å². The van der Waals surface area contributed by atoms with Crippen molar-refractivity contribution in [2.45, 2.75) is 108 Å². The van der Waals surface area contributed by atoms with E-state index < -0.39 is 11.4 Å². The van der Waals surface area contributed by atoms with Crippen LogP contribution in [0.1, 0.15) is 72.1 Å². The standard InChI is InChI=1S/C26H35FN4O4/c1-26(2,3)35-25(32)31-17-4-5-18(31)13-22(12-17)34-20-8-6-19(7-9-20)33-21-10-11-24(23(27)14-21)30-16-28-15-29-30/h10-11,14-20,22H,4-9,12-13H2,1-3H3. The first-order valence-corrected chi connectivity index (χ1v) is 12.7. The van der Waals surface area contributed by atoms with Gasteiger partial charge >= 0.3 is 6.09 Å². The number of amides is 1. The lowest BCUT2D eigenvalue weighted by molar-refractivity contribution is -0.0813. The van der Waals surface area contributed by atoms with Gasteiger partial charge in [-0.2, -0.15) is 5.10 Å². The van der Waals surface area contributed by atoms with Crippen LogP contribution in [0.4, 0.5) is 9.18 Å². The molecule has 2 bridgehead atoms. The second-order valence-corrected chi connectivity index (χ2v) is 11.0. The summed E-state index contributed by atoms with van der Waals surface area (Å²) in [6.45, 7) is 5.73. The van der Waals surface area contributed by atoms with Gasteiger partial charge in [-0.25, -0.2) is 18.9 Å². The number of benzene rings is 1. The fourth-order valence-corrected chi connectivity index (χ4v) is 5.68. The number of carbonyl (C=O) groups excluding carboxylic acids is 1. The lowest BCUT2D eigenvalue weighted by Crippen LogP contribution is -2.50. The van der Waals surface area contributed by atoms with Gasteiger partial charge in [-0.3, -0.25) is 0 Å². The molecular formula is C26H35FN4O4. The first-order chi connectivity index (χ1) is 16.7. The lowest BCUT2D eigenvalue weighted by atomic mass is 9.93. The zero-order valence-corrected chi connectivity index (χ0v) is 20.7. The molecule has 1 aliphatic carbocycles. The minimum Gasteiger partial charge on any atom is -0.490 e. The molecule has 2 atom stereocenters.